The number of rotatable bonds is 4. The maximum Gasteiger partial charge on any atom is 0.203 e. The van der Waals surface area contributed by atoms with Crippen LogP contribution in [0, 0.1) is 0 Å². The van der Waals surface area contributed by atoms with Gasteiger partial charge in [0, 0.05) is 21.2 Å². The standard InChI is InChI=1S/C27H18O2S/c28-22-16-14-19(15-17-22)18-10-12-20(13-11-18)25-23-8-4-5-9-24(23)30-27(25)26(29)21-6-2-1-3-7-21/h1-17,28H. The fraction of sp³-hybridized carbons (Fsp3) is 0. The van der Waals surface area contributed by atoms with Gasteiger partial charge in [0.15, 0.2) is 0 Å². The predicted octanol–water partition coefficient (Wildman–Crippen LogP) is 7.17. The van der Waals surface area contributed by atoms with Crippen molar-refractivity contribution < 1.29 is 9.90 Å². The molecule has 0 saturated carbocycles. The van der Waals surface area contributed by atoms with Crippen molar-refractivity contribution in [1.29, 1.82) is 0 Å². The van der Waals surface area contributed by atoms with Crippen molar-refractivity contribution in [2.75, 3.05) is 0 Å². The number of phenols is 1. The van der Waals surface area contributed by atoms with E-state index in [1.54, 1.807) is 23.5 Å². The Balaban J connectivity index is 1.63. The average molecular weight is 407 g/mol. The summed E-state index contributed by atoms with van der Waals surface area (Å²) in [6.07, 6.45) is 0. The van der Waals surface area contributed by atoms with E-state index in [0.717, 1.165) is 37.2 Å². The second kappa shape index (κ2) is 7.62. The van der Waals surface area contributed by atoms with Crippen LogP contribution in [0.5, 0.6) is 5.75 Å². The lowest BCUT2D eigenvalue weighted by molar-refractivity contribution is 0.104. The molecule has 4 aromatic carbocycles. The minimum atomic E-state index is 0.0504. The summed E-state index contributed by atoms with van der Waals surface area (Å²) in [5.41, 5.74) is 4.81. The molecule has 30 heavy (non-hydrogen) atoms. The second-order valence-electron chi connectivity index (χ2n) is 7.12. The molecule has 0 aliphatic carbocycles. The molecule has 5 aromatic rings. The summed E-state index contributed by atoms with van der Waals surface area (Å²) in [6.45, 7) is 0. The Morgan fingerprint density at radius 2 is 1.20 bits per heavy atom. The molecule has 0 saturated heterocycles. The molecular weight excluding hydrogens is 388 g/mol. The number of carbonyl (C=O) groups excluding carboxylic acids is 1. The van der Waals surface area contributed by atoms with Crippen LogP contribution in [-0.4, -0.2) is 10.9 Å². The van der Waals surface area contributed by atoms with Crippen molar-refractivity contribution in [1.82, 2.24) is 0 Å². The molecule has 0 bridgehead atoms. The summed E-state index contributed by atoms with van der Waals surface area (Å²) in [5, 5.41) is 10.6. The van der Waals surface area contributed by atoms with E-state index < -0.39 is 0 Å². The number of benzene rings is 4. The lowest BCUT2D eigenvalue weighted by Crippen LogP contribution is -2.00. The van der Waals surface area contributed by atoms with E-state index in [2.05, 4.69) is 36.4 Å². The monoisotopic (exact) mass is 406 g/mol. The molecule has 0 radical (unpaired) electrons. The zero-order valence-corrected chi connectivity index (χ0v) is 16.9. The molecule has 0 atom stereocenters. The SMILES string of the molecule is O=C(c1ccccc1)c1sc2ccccc2c1-c1ccc(-c2ccc(O)cc2)cc1. The highest BCUT2D eigenvalue weighted by atomic mass is 32.1. The summed E-state index contributed by atoms with van der Waals surface area (Å²) >= 11 is 1.55. The van der Waals surface area contributed by atoms with Gasteiger partial charge >= 0.3 is 0 Å². The van der Waals surface area contributed by atoms with Gasteiger partial charge in [0.05, 0.1) is 4.88 Å². The topological polar surface area (TPSA) is 37.3 Å². The van der Waals surface area contributed by atoms with Crippen LogP contribution < -0.4 is 0 Å². The molecule has 1 heterocycles. The smallest absolute Gasteiger partial charge is 0.203 e. The minimum absolute atomic E-state index is 0.0504. The average Bonchev–Trinajstić information content (AvgIpc) is 3.19. The van der Waals surface area contributed by atoms with Crippen molar-refractivity contribution in [2.45, 2.75) is 0 Å². The lowest BCUT2D eigenvalue weighted by atomic mass is 9.96. The Morgan fingerprint density at radius 1 is 0.633 bits per heavy atom. The van der Waals surface area contributed by atoms with Gasteiger partial charge < -0.3 is 5.11 Å². The maximum atomic E-state index is 13.3. The molecule has 3 heteroatoms. The third kappa shape index (κ3) is 3.30. The van der Waals surface area contributed by atoms with Gasteiger partial charge in [0.1, 0.15) is 5.75 Å². The molecule has 0 spiro atoms. The van der Waals surface area contributed by atoms with E-state index in [-0.39, 0.29) is 11.5 Å². The first-order chi connectivity index (χ1) is 14.7. The zero-order chi connectivity index (χ0) is 20.5. The van der Waals surface area contributed by atoms with Crippen LogP contribution in [0.4, 0.5) is 0 Å². The molecule has 0 aliphatic rings. The largest absolute Gasteiger partial charge is 0.508 e. The van der Waals surface area contributed by atoms with Gasteiger partial charge in [-0.3, -0.25) is 4.79 Å². The molecule has 0 unspecified atom stereocenters. The van der Waals surface area contributed by atoms with E-state index in [0.29, 0.717) is 5.56 Å². The first-order valence-electron chi connectivity index (χ1n) is 9.72. The number of carbonyl (C=O) groups is 1. The Kier molecular flexibility index (Phi) is 4.66. The van der Waals surface area contributed by atoms with Crippen LogP contribution in [0.25, 0.3) is 32.3 Å². The number of thiophene rings is 1. The van der Waals surface area contributed by atoms with Gasteiger partial charge in [-0.2, -0.15) is 0 Å². The van der Waals surface area contributed by atoms with Crippen LogP contribution >= 0.6 is 11.3 Å². The molecule has 0 aliphatic heterocycles. The molecule has 0 fully saturated rings. The normalized spacial score (nSPS) is 10.9. The third-order valence-corrected chi connectivity index (χ3v) is 6.38. The number of ketones is 1. The first-order valence-corrected chi connectivity index (χ1v) is 10.5. The Morgan fingerprint density at radius 3 is 1.90 bits per heavy atom. The van der Waals surface area contributed by atoms with E-state index in [9.17, 15) is 9.90 Å². The van der Waals surface area contributed by atoms with E-state index in [1.165, 1.54) is 0 Å². The highest BCUT2D eigenvalue weighted by Gasteiger charge is 2.20. The van der Waals surface area contributed by atoms with Crippen LogP contribution in [0.1, 0.15) is 15.2 Å². The Bertz CT molecular complexity index is 1330. The number of phenolic OH excluding ortho intramolecular Hbond substituents is 1. The highest BCUT2D eigenvalue weighted by molar-refractivity contribution is 7.21. The quantitative estimate of drug-likeness (QED) is 0.321. The van der Waals surface area contributed by atoms with Crippen molar-refractivity contribution in [2.24, 2.45) is 0 Å². The Hall–Kier alpha value is -3.69. The molecule has 0 amide bonds. The van der Waals surface area contributed by atoms with Gasteiger partial charge in [-0.05, 0) is 34.9 Å². The van der Waals surface area contributed by atoms with Gasteiger partial charge in [0.2, 0.25) is 5.78 Å². The molecule has 5 rings (SSSR count). The fourth-order valence-corrected chi connectivity index (χ4v) is 4.88. The van der Waals surface area contributed by atoms with Crippen molar-refractivity contribution in [3.05, 3.63) is 114 Å². The fourth-order valence-electron chi connectivity index (χ4n) is 3.70. The molecule has 2 nitrogen and oxygen atoms in total. The van der Waals surface area contributed by atoms with Gasteiger partial charge in [-0.1, -0.05) is 84.9 Å². The van der Waals surface area contributed by atoms with Gasteiger partial charge in [-0.25, -0.2) is 0 Å². The van der Waals surface area contributed by atoms with E-state index in [4.69, 9.17) is 0 Å². The van der Waals surface area contributed by atoms with E-state index in [1.807, 2.05) is 54.6 Å². The summed E-state index contributed by atoms with van der Waals surface area (Å²) in [5.74, 6) is 0.304. The molecule has 144 valence electrons. The zero-order valence-electron chi connectivity index (χ0n) is 16.1. The van der Waals surface area contributed by atoms with Crippen molar-refractivity contribution in [3.63, 3.8) is 0 Å². The highest BCUT2D eigenvalue weighted by Crippen LogP contribution is 2.40. The maximum absolute atomic E-state index is 13.3. The van der Waals surface area contributed by atoms with Crippen molar-refractivity contribution in [3.8, 4) is 28.0 Å². The van der Waals surface area contributed by atoms with Crippen LogP contribution in [-0.2, 0) is 0 Å². The third-order valence-electron chi connectivity index (χ3n) is 5.21. The number of hydrogen-bond acceptors (Lipinski definition) is 3. The number of hydrogen-bond donors (Lipinski definition) is 1. The number of aromatic hydroxyl groups is 1. The van der Waals surface area contributed by atoms with Crippen LogP contribution in [0.15, 0.2) is 103 Å². The van der Waals surface area contributed by atoms with Gasteiger partial charge in [-0.15, -0.1) is 11.3 Å². The summed E-state index contributed by atoms with van der Waals surface area (Å²) in [4.78, 5) is 14.1. The number of fused-ring (bicyclic) bond motifs is 1. The summed E-state index contributed by atoms with van der Waals surface area (Å²) < 4.78 is 1.11. The molecular formula is C27H18O2S. The summed E-state index contributed by atoms with van der Waals surface area (Å²) in [7, 11) is 0. The summed E-state index contributed by atoms with van der Waals surface area (Å²) in [6, 6.07) is 33.0. The van der Waals surface area contributed by atoms with E-state index >= 15 is 0 Å². The second-order valence-corrected chi connectivity index (χ2v) is 8.17. The van der Waals surface area contributed by atoms with Crippen LogP contribution in [0.2, 0.25) is 0 Å². The predicted molar refractivity (Wildman–Crippen MR) is 124 cm³/mol. The minimum Gasteiger partial charge on any atom is -0.508 e. The van der Waals surface area contributed by atoms with Gasteiger partial charge in [0.25, 0.3) is 0 Å². The molecule has 1 aromatic heterocycles. The lowest BCUT2D eigenvalue weighted by Gasteiger charge is -2.07. The molecule has 1 N–H and O–H groups in total. The van der Waals surface area contributed by atoms with Crippen molar-refractivity contribution >= 4 is 27.2 Å². The first kappa shape index (κ1) is 18.3. The Labute approximate surface area is 178 Å². The van der Waals surface area contributed by atoms with Crippen LogP contribution in [0.3, 0.4) is 0 Å².